The average molecular weight is 256 g/mol. The number of amides is 1. The molecule has 1 aliphatic carbocycles. The van der Waals surface area contributed by atoms with Crippen LogP contribution >= 0.6 is 0 Å². The highest BCUT2D eigenvalue weighted by Gasteiger charge is 2.34. The average Bonchev–Trinajstić information content (AvgIpc) is 3.05. The van der Waals surface area contributed by atoms with E-state index in [-0.39, 0.29) is 6.09 Å². The van der Waals surface area contributed by atoms with E-state index in [1.165, 1.54) is 0 Å². The van der Waals surface area contributed by atoms with Crippen molar-refractivity contribution in [2.24, 2.45) is 0 Å². The largest absolute Gasteiger partial charge is 0.444 e. The first-order valence-corrected chi connectivity index (χ1v) is 7.06. The summed E-state index contributed by atoms with van der Waals surface area (Å²) in [7, 11) is 0. The van der Waals surface area contributed by atoms with Gasteiger partial charge in [-0.1, -0.05) is 6.92 Å². The lowest BCUT2D eigenvalue weighted by Gasteiger charge is -2.28. The molecule has 0 radical (unpaired) electrons. The molecule has 1 unspecified atom stereocenters. The highest BCUT2D eigenvalue weighted by Crippen LogP contribution is 2.27. The van der Waals surface area contributed by atoms with E-state index in [0.29, 0.717) is 12.1 Å². The molecule has 0 bridgehead atoms. The molecule has 1 atom stereocenters. The van der Waals surface area contributed by atoms with Gasteiger partial charge in [-0.15, -0.1) is 0 Å². The Morgan fingerprint density at radius 3 is 2.50 bits per heavy atom. The number of nitrogens with one attached hydrogen (secondary N) is 1. The molecule has 0 aliphatic heterocycles. The molecule has 1 rings (SSSR count). The lowest BCUT2D eigenvalue weighted by atomic mass is 10.2. The molecule has 0 aromatic rings. The van der Waals surface area contributed by atoms with Crippen molar-refractivity contribution in [3.8, 4) is 0 Å². The van der Waals surface area contributed by atoms with E-state index in [0.717, 1.165) is 32.4 Å². The Morgan fingerprint density at radius 2 is 2.06 bits per heavy atom. The molecule has 0 aromatic heterocycles. The Kier molecular flexibility index (Phi) is 5.45. The Hall–Kier alpha value is -0.770. The van der Waals surface area contributed by atoms with Gasteiger partial charge in [0.05, 0.1) is 0 Å². The van der Waals surface area contributed by atoms with Gasteiger partial charge in [-0.3, -0.25) is 0 Å². The van der Waals surface area contributed by atoms with Crippen LogP contribution in [0, 0.1) is 0 Å². The van der Waals surface area contributed by atoms with E-state index in [4.69, 9.17) is 4.74 Å². The van der Waals surface area contributed by atoms with Crippen LogP contribution in [0.25, 0.3) is 0 Å². The lowest BCUT2D eigenvalue weighted by molar-refractivity contribution is 0.0235. The molecular weight excluding hydrogens is 228 g/mol. The smallest absolute Gasteiger partial charge is 0.410 e. The summed E-state index contributed by atoms with van der Waals surface area (Å²) in [4.78, 5) is 13.9. The molecular formula is C14H28N2O2. The number of hydrogen-bond acceptors (Lipinski definition) is 3. The zero-order valence-corrected chi connectivity index (χ0v) is 12.5. The molecule has 0 aromatic carbocycles. The third-order valence-electron chi connectivity index (χ3n) is 3.07. The van der Waals surface area contributed by atoms with E-state index in [1.54, 1.807) is 0 Å². The van der Waals surface area contributed by atoms with E-state index >= 15 is 0 Å². The SMILES string of the molecule is CCC(C)NCCN(C(=O)OC(C)(C)C)C1CC1. The lowest BCUT2D eigenvalue weighted by Crippen LogP contribution is -2.43. The highest BCUT2D eigenvalue weighted by molar-refractivity contribution is 5.69. The highest BCUT2D eigenvalue weighted by atomic mass is 16.6. The zero-order chi connectivity index (χ0) is 13.8. The van der Waals surface area contributed by atoms with Crippen molar-refractivity contribution in [2.75, 3.05) is 13.1 Å². The quantitative estimate of drug-likeness (QED) is 0.794. The molecule has 106 valence electrons. The van der Waals surface area contributed by atoms with Crippen molar-refractivity contribution >= 4 is 6.09 Å². The van der Waals surface area contributed by atoms with Gasteiger partial charge in [-0.05, 0) is 47.0 Å². The van der Waals surface area contributed by atoms with Crippen molar-refractivity contribution < 1.29 is 9.53 Å². The number of rotatable bonds is 6. The molecule has 4 heteroatoms. The topological polar surface area (TPSA) is 41.6 Å². The molecule has 18 heavy (non-hydrogen) atoms. The van der Waals surface area contributed by atoms with Crippen LogP contribution < -0.4 is 5.32 Å². The Morgan fingerprint density at radius 1 is 1.44 bits per heavy atom. The third kappa shape index (κ3) is 5.71. The molecule has 1 saturated carbocycles. The fourth-order valence-corrected chi connectivity index (χ4v) is 1.71. The summed E-state index contributed by atoms with van der Waals surface area (Å²) in [5.41, 5.74) is -0.408. The molecule has 4 nitrogen and oxygen atoms in total. The van der Waals surface area contributed by atoms with Crippen LogP contribution in [0.1, 0.15) is 53.9 Å². The molecule has 0 heterocycles. The molecule has 1 amide bonds. The maximum Gasteiger partial charge on any atom is 0.410 e. The van der Waals surface area contributed by atoms with Gasteiger partial charge in [0, 0.05) is 25.2 Å². The Bertz CT molecular complexity index is 269. The first-order chi connectivity index (χ1) is 8.33. The minimum Gasteiger partial charge on any atom is -0.444 e. The molecule has 1 aliphatic rings. The van der Waals surface area contributed by atoms with Crippen molar-refractivity contribution in [1.82, 2.24) is 10.2 Å². The first-order valence-electron chi connectivity index (χ1n) is 7.06. The molecule has 0 spiro atoms. The second kappa shape index (κ2) is 6.41. The minimum absolute atomic E-state index is 0.170. The van der Waals surface area contributed by atoms with E-state index in [2.05, 4.69) is 19.2 Å². The summed E-state index contributed by atoms with van der Waals surface area (Å²) >= 11 is 0. The van der Waals surface area contributed by atoms with Crippen LogP contribution in [0.5, 0.6) is 0 Å². The number of ether oxygens (including phenoxy) is 1. The van der Waals surface area contributed by atoms with Gasteiger partial charge in [0.2, 0.25) is 0 Å². The van der Waals surface area contributed by atoms with Gasteiger partial charge in [-0.25, -0.2) is 4.79 Å². The van der Waals surface area contributed by atoms with E-state index < -0.39 is 5.60 Å². The molecule has 0 saturated heterocycles. The summed E-state index contributed by atoms with van der Waals surface area (Å²) in [6.45, 7) is 11.6. The van der Waals surface area contributed by atoms with Crippen molar-refractivity contribution in [2.45, 2.75) is 71.6 Å². The summed E-state index contributed by atoms with van der Waals surface area (Å²) < 4.78 is 5.44. The van der Waals surface area contributed by atoms with Gasteiger partial charge in [0.25, 0.3) is 0 Å². The van der Waals surface area contributed by atoms with Crippen molar-refractivity contribution in [3.05, 3.63) is 0 Å². The third-order valence-corrected chi connectivity index (χ3v) is 3.07. The summed E-state index contributed by atoms with van der Waals surface area (Å²) in [6, 6.07) is 0.906. The summed E-state index contributed by atoms with van der Waals surface area (Å²) in [6.07, 6.45) is 3.16. The van der Waals surface area contributed by atoms with Crippen LogP contribution in [-0.2, 0) is 4.74 Å². The minimum atomic E-state index is -0.408. The number of nitrogens with zero attached hydrogens (tertiary/aromatic N) is 1. The summed E-state index contributed by atoms with van der Waals surface area (Å²) in [5.74, 6) is 0. The van der Waals surface area contributed by atoms with Gasteiger partial charge < -0.3 is 15.0 Å². The normalized spacial score (nSPS) is 17.4. The Balaban J connectivity index is 2.38. The summed E-state index contributed by atoms with van der Waals surface area (Å²) in [5, 5.41) is 3.41. The van der Waals surface area contributed by atoms with Crippen LogP contribution in [0.15, 0.2) is 0 Å². The van der Waals surface area contributed by atoms with Crippen LogP contribution in [0.4, 0.5) is 4.79 Å². The van der Waals surface area contributed by atoms with Crippen LogP contribution in [-0.4, -0.2) is 41.8 Å². The van der Waals surface area contributed by atoms with Gasteiger partial charge in [0.1, 0.15) is 5.60 Å². The maximum atomic E-state index is 12.1. The van der Waals surface area contributed by atoms with Gasteiger partial charge >= 0.3 is 6.09 Å². The number of hydrogen-bond donors (Lipinski definition) is 1. The Labute approximate surface area is 111 Å². The van der Waals surface area contributed by atoms with E-state index in [1.807, 2.05) is 25.7 Å². The zero-order valence-electron chi connectivity index (χ0n) is 12.5. The van der Waals surface area contributed by atoms with Crippen LogP contribution in [0.3, 0.4) is 0 Å². The van der Waals surface area contributed by atoms with Crippen molar-refractivity contribution in [3.63, 3.8) is 0 Å². The van der Waals surface area contributed by atoms with Crippen molar-refractivity contribution in [1.29, 1.82) is 0 Å². The monoisotopic (exact) mass is 256 g/mol. The fourth-order valence-electron chi connectivity index (χ4n) is 1.71. The second-order valence-corrected chi connectivity index (χ2v) is 6.17. The fraction of sp³-hybridized carbons (Fsp3) is 0.929. The number of carbonyl (C=O) groups excluding carboxylic acids is 1. The standard InChI is InChI=1S/C14H28N2O2/c1-6-11(2)15-9-10-16(12-7-8-12)13(17)18-14(3,4)5/h11-12,15H,6-10H2,1-5H3. The second-order valence-electron chi connectivity index (χ2n) is 6.17. The van der Waals surface area contributed by atoms with Gasteiger partial charge in [-0.2, -0.15) is 0 Å². The first kappa shape index (κ1) is 15.3. The van der Waals surface area contributed by atoms with Gasteiger partial charge in [0.15, 0.2) is 0 Å². The molecule has 1 N–H and O–H groups in total. The van der Waals surface area contributed by atoms with Crippen LogP contribution in [0.2, 0.25) is 0 Å². The molecule has 1 fully saturated rings. The number of carbonyl (C=O) groups is 1. The van der Waals surface area contributed by atoms with E-state index in [9.17, 15) is 4.79 Å². The predicted octanol–water partition coefficient (Wildman–Crippen LogP) is 2.77. The maximum absolute atomic E-state index is 12.1. The predicted molar refractivity (Wildman–Crippen MR) is 73.7 cm³/mol.